The van der Waals surface area contributed by atoms with Crippen LogP contribution in [0, 0.1) is 0 Å². The van der Waals surface area contributed by atoms with Crippen molar-refractivity contribution in [2.24, 2.45) is 0 Å². The molecule has 84 valence electrons. The predicted molar refractivity (Wildman–Crippen MR) is 58.0 cm³/mol. The van der Waals surface area contributed by atoms with Crippen LogP contribution in [0.1, 0.15) is 0 Å². The highest BCUT2D eigenvalue weighted by atomic mass is 35.5. The van der Waals surface area contributed by atoms with Crippen molar-refractivity contribution >= 4 is 34.8 Å². The second-order valence-corrected chi connectivity index (χ2v) is 2.74. The van der Waals surface area contributed by atoms with Crippen LogP contribution in [0.4, 0.5) is 0 Å². The van der Waals surface area contributed by atoms with E-state index in [-0.39, 0.29) is 10.1 Å². The van der Waals surface area contributed by atoms with E-state index in [1.165, 1.54) is 15.9 Å². The first-order valence-electron chi connectivity index (χ1n) is 3.24. The standard InChI is InChI=1S/C6H2Cl2O2.2N3/c7-3-1-4(8)6(10)5(9)2-3;2*1-3-2/h1-2H;;/q;2*-1. The van der Waals surface area contributed by atoms with Crippen molar-refractivity contribution in [2.45, 2.75) is 0 Å². The van der Waals surface area contributed by atoms with Gasteiger partial charge >= 0.3 is 0 Å². The number of allylic oxidation sites excluding steroid dienone is 4. The molecule has 0 fully saturated rings. The highest BCUT2D eigenvalue weighted by molar-refractivity contribution is 6.62. The van der Waals surface area contributed by atoms with Crippen LogP contribution in [0.5, 0.6) is 0 Å². The van der Waals surface area contributed by atoms with Gasteiger partial charge < -0.3 is 22.1 Å². The monoisotopic (exact) mass is 260 g/mol. The molecule has 0 saturated heterocycles. The third-order valence-corrected chi connectivity index (χ3v) is 1.47. The molecule has 0 spiro atoms. The van der Waals surface area contributed by atoms with E-state index in [1.807, 2.05) is 0 Å². The first kappa shape index (κ1) is 16.4. The molecule has 0 bridgehead atoms. The summed E-state index contributed by atoms with van der Waals surface area (Å²) in [5, 5.41) is 0.0621. The van der Waals surface area contributed by atoms with Crippen LogP contribution in [0.15, 0.2) is 22.2 Å². The third kappa shape index (κ3) is 7.43. The summed E-state index contributed by atoms with van der Waals surface area (Å²) in [6, 6.07) is 0. The van der Waals surface area contributed by atoms with Gasteiger partial charge in [0.05, 0.1) is 5.03 Å². The fourth-order valence-corrected chi connectivity index (χ4v) is 1.01. The lowest BCUT2D eigenvalue weighted by atomic mass is 10.1. The number of rotatable bonds is 0. The number of nitrogens with zero attached hydrogens (tertiary/aromatic N) is 6. The van der Waals surface area contributed by atoms with E-state index in [1.54, 1.807) is 0 Å². The molecule has 0 aliphatic heterocycles. The van der Waals surface area contributed by atoms with E-state index in [2.05, 4.69) is 0 Å². The van der Waals surface area contributed by atoms with Crippen molar-refractivity contribution in [1.29, 1.82) is 0 Å². The summed E-state index contributed by atoms with van der Waals surface area (Å²) in [5.74, 6) is -1.37. The second kappa shape index (κ2) is 9.57. The fraction of sp³-hybridized carbons (Fsp3) is 0. The predicted octanol–water partition coefficient (Wildman–Crippen LogP) is 3.12. The molecular formula is C6H2Cl2N6O2-2. The number of hydrogen-bond acceptors (Lipinski definition) is 2. The molecule has 1 aliphatic carbocycles. The molecule has 0 radical (unpaired) electrons. The van der Waals surface area contributed by atoms with Gasteiger partial charge in [-0.2, -0.15) is 0 Å². The fourth-order valence-electron chi connectivity index (χ4n) is 0.537. The number of halogens is 2. The van der Waals surface area contributed by atoms with Gasteiger partial charge in [0.2, 0.25) is 11.6 Å². The van der Waals surface area contributed by atoms with Crippen molar-refractivity contribution in [3.05, 3.63) is 54.2 Å². The molecule has 16 heavy (non-hydrogen) atoms. The SMILES string of the molecule is O=C1C=C(Cl)C=C(Cl)C1=O.[N-]=[N+]=[N-].[N-]=[N+]=[N-]. The number of ketones is 2. The molecule has 0 amide bonds. The van der Waals surface area contributed by atoms with E-state index in [9.17, 15) is 9.59 Å². The van der Waals surface area contributed by atoms with Crippen LogP contribution in [0.3, 0.4) is 0 Å². The van der Waals surface area contributed by atoms with Crippen LogP contribution >= 0.6 is 23.2 Å². The number of Topliss-reactive ketones (excluding diaryl/α,β-unsaturated/α-hetero) is 1. The first-order chi connectivity index (χ1) is 7.44. The van der Waals surface area contributed by atoms with Gasteiger partial charge in [-0.3, -0.25) is 19.4 Å². The smallest absolute Gasteiger partial charge is 0.244 e. The Morgan fingerprint density at radius 1 is 0.938 bits per heavy atom. The Hall–Kier alpha value is -1.98. The van der Waals surface area contributed by atoms with Gasteiger partial charge in [0.25, 0.3) is 0 Å². The average Bonchev–Trinajstić information content (AvgIpc) is 2.16. The Morgan fingerprint density at radius 2 is 1.31 bits per heavy atom. The van der Waals surface area contributed by atoms with Crippen LogP contribution < -0.4 is 0 Å². The van der Waals surface area contributed by atoms with Gasteiger partial charge in [0, 0.05) is 11.1 Å². The summed E-state index contributed by atoms with van der Waals surface area (Å²) in [5.41, 5.74) is 27.0. The summed E-state index contributed by atoms with van der Waals surface area (Å²) in [6.45, 7) is 0. The molecule has 10 heteroatoms. The summed E-state index contributed by atoms with van der Waals surface area (Å²) >= 11 is 10.7. The third-order valence-electron chi connectivity index (χ3n) is 0.974. The van der Waals surface area contributed by atoms with Crippen molar-refractivity contribution in [1.82, 2.24) is 0 Å². The maximum Gasteiger partial charge on any atom is 0.244 e. The van der Waals surface area contributed by atoms with Crippen molar-refractivity contribution in [2.75, 3.05) is 0 Å². The molecule has 0 aromatic rings. The zero-order chi connectivity index (χ0) is 13.1. The molecule has 0 heterocycles. The van der Waals surface area contributed by atoms with Crippen LogP contribution in [0.25, 0.3) is 31.9 Å². The molecule has 0 N–H and O–H groups in total. The Morgan fingerprint density at radius 3 is 1.62 bits per heavy atom. The summed E-state index contributed by atoms with van der Waals surface area (Å²) in [7, 11) is 0. The van der Waals surface area contributed by atoms with Crippen molar-refractivity contribution < 1.29 is 9.59 Å². The van der Waals surface area contributed by atoms with Gasteiger partial charge in [-0.05, 0) is 6.08 Å². The number of carbonyl (C=O) groups excluding carboxylic acids is 2. The highest BCUT2D eigenvalue weighted by Gasteiger charge is 2.19. The molecular weight excluding hydrogens is 259 g/mol. The molecule has 0 aromatic carbocycles. The number of hydrogen-bond donors (Lipinski definition) is 0. The quantitative estimate of drug-likeness (QED) is 0.216. The summed E-state index contributed by atoms with van der Waals surface area (Å²) < 4.78 is 0. The largest absolute Gasteiger partial charge is 0.373 e. The zero-order valence-corrected chi connectivity index (χ0v) is 8.92. The normalized spacial score (nSPS) is 12.6. The van der Waals surface area contributed by atoms with Crippen LogP contribution in [-0.2, 0) is 9.59 Å². The Bertz CT molecular complexity index is 400. The average molecular weight is 261 g/mol. The lowest BCUT2D eigenvalue weighted by Gasteiger charge is -1.99. The minimum Gasteiger partial charge on any atom is -0.373 e. The van der Waals surface area contributed by atoms with Crippen molar-refractivity contribution in [3.8, 4) is 0 Å². The van der Waals surface area contributed by atoms with E-state index < -0.39 is 11.6 Å². The maximum absolute atomic E-state index is 10.6. The first-order valence-corrected chi connectivity index (χ1v) is 4.00. The number of carbonyl (C=O) groups is 2. The molecule has 0 saturated carbocycles. The summed E-state index contributed by atoms with van der Waals surface area (Å²) in [6.07, 6.45) is 2.28. The van der Waals surface area contributed by atoms with E-state index in [4.69, 9.17) is 45.3 Å². The molecule has 0 atom stereocenters. The lowest BCUT2D eigenvalue weighted by molar-refractivity contribution is -0.131. The van der Waals surface area contributed by atoms with Gasteiger partial charge in [0.1, 0.15) is 0 Å². The zero-order valence-electron chi connectivity index (χ0n) is 7.41. The van der Waals surface area contributed by atoms with Crippen molar-refractivity contribution in [3.63, 3.8) is 0 Å². The second-order valence-electron chi connectivity index (χ2n) is 1.89. The minimum atomic E-state index is -0.703. The molecule has 0 aromatic heterocycles. The van der Waals surface area contributed by atoms with Gasteiger partial charge in [0.15, 0.2) is 0 Å². The van der Waals surface area contributed by atoms with E-state index in [0.29, 0.717) is 0 Å². The molecule has 1 aliphatic rings. The summed E-state index contributed by atoms with van der Waals surface area (Å²) in [4.78, 5) is 24.2. The van der Waals surface area contributed by atoms with Crippen LogP contribution in [-0.4, -0.2) is 11.6 Å². The van der Waals surface area contributed by atoms with E-state index in [0.717, 1.165) is 6.08 Å². The maximum atomic E-state index is 10.6. The molecule has 8 nitrogen and oxygen atoms in total. The van der Waals surface area contributed by atoms with Crippen LogP contribution in [0.2, 0.25) is 0 Å². The van der Waals surface area contributed by atoms with Gasteiger partial charge in [-0.25, -0.2) is 0 Å². The molecule has 1 rings (SSSR count). The topological polar surface area (TPSA) is 152 Å². The Balaban J connectivity index is 0. The van der Waals surface area contributed by atoms with E-state index >= 15 is 0 Å². The van der Waals surface area contributed by atoms with Gasteiger partial charge in [-0.1, -0.05) is 23.2 Å². The highest BCUT2D eigenvalue weighted by Crippen LogP contribution is 2.17. The van der Waals surface area contributed by atoms with Gasteiger partial charge in [-0.15, -0.1) is 0 Å². The lowest BCUT2D eigenvalue weighted by Crippen LogP contribution is -2.14. The minimum absolute atomic E-state index is 0.127. The molecule has 0 unspecified atom stereocenters. The Kier molecular flexibility index (Phi) is 9.84. The Labute approximate surface area is 99.0 Å².